The van der Waals surface area contributed by atoms with E-state index in [0.29, 0.717) is 24.7 Å². The highest BCUT2D eigenvalue weighted by molar-refractivity contribution is 5.85. The fourth-order valence-corrected chi connectivity index (χ4v) is 3.06. The molecule has 1 saturated heterocycles. The first-order valence-electron chi connectivity index (χ1n) is 7.17. The number of piperidine rings is 1. The fourth-order valence-electron chi connectivity index (χ4n) is 3.06. The molecule has 0 saturated carbocycles. The lowest BCUT2D eigenvalue weighted by molar-refractivity contribution is -0.151. The second-order valence-corrected chi connectivity index (χ2v) is 6.02. The van der Waals surface area contributed by atoms with Crippen LogP contribution in [0.1, 0.15) is 33.1 Å². The van der Waals surface area contributed by atoms with Crippen molar-refractivity contribution in [2.45, 2.75) is 33.1 Å². The first-order valence-corrected chi connectivity index (χ1v) is 7.17. The zero-order chi connectivity index (χ0) is 14.0. The lowest BCUT2D eigenvalue weighted by Crippen LogP contribution is -2.47. The van der Waals surface area contributed by atoms with Gasteiger partial charge >= 0.3 is 5.97 Å². The van der Waals surface area contributed by atoms with E-state index < -0.39 is 11.9 Å². The van der Waals surface area contributed by atoms with Crippen molar-refractivity contribution in [2.75, 3.05) is 13.1 Å². The van der Waals surface area contributed by atoms with E-state index in [4.69, 9.17) is 0 Å². The Labute approximate surface area is 114 Å². The van der Waals surface area contributed by atoms with Crippen LogP contribution < -0.4 is 0 Å². The molecule has 0 aromatic rings. The van der Waals surface area contributed by atoms with E-state index in [1.54, 1.807) is 0 Å². The smallest absolute Gasteiger partial charge is 0.307 e. The Morgan fingerprint density at radius 2 is 1.74 bits per heavy atom. The molecule has 4 heteroatoms. The van der Waals surface area contributed by atoms with Crippen molar-refractivity contribution in [2.24, 2.45) is 23.7 Å². The predicted molar refractivity (Wildman–Crippen MR) is 72.5 cm³/mol. The molecule has 19 heavy (non-hydrogen) atoms. The van der Waals surface area contributed by atoms with Crippen molar-refractivity contribution in [1.82, 2.24) is 4.90 Å². The Bertz CT molecular complexity index is 391. The number of hydrogen-bond acceptors (Lipinski definition) is 2. The SMILES string of the molecule is CC1CCN(C(=O)[C@@H]2CC=CC[C@@H]2C(=O)O)CC1C. The molecule has 0 spiro atoms. The maximum absolute atomic E-state index is 12.5. The van der Waals surface area contributed by atoms with Crippen molar-refractivity contribution >= 4 is 11.9 Å². The number of rotatable bonds is 2. The summed E-state index contributed by atoms with van der Waals surface area (Å²) in [6.07, 6.45) is 5.89. The number of hydrogen-bond donors (Lipinski definition) is 1. The lowest BCUT2D eigenvalue weighted by Gasteiger charge is -2.38. The van der Waals surface area contributed by atoms with Gasteiger partial charge in [0.25, 0.3) is 0 Å². The van der Waals surface area contributed by atoms with Crippen LogP contribution in [0.15, 0.2) is 12.2 Å². The highest BCUT2D eigenvalue weighted by Crippen LogP contribution is 2.30. The number of carboxylic acids is 1. The topological polar surface area (TPSA) is 57.6 Å². The van der Waals surface area contributed by atoms with Gasteiger partial charge in [0.15, 0.2) is 0 Å². The van der Waals surface area contributed by atoms with E-state index >= 15 is 0 Å². The Hall–Kier alpha value is -1.32. The van der Waals surface area contributed by atoms with Gasteiger partial charge in [0.05, 0.1) is 11.8 Å². The molecule has 0 aromatic carbocycles. The number of nitrogens with zero attached hydrogens (tertiary/aromatic N) is 1. The number of likely N-dealkylation sites (tertiary alicyclic amines) is 1. The molecule has 1 heterocycles. The molecule has 0 bridgehead atoms. The molecule has 1 fully saturated rings. The highest BCUT2D eigenvalue weighted by Gasteiger charge is 2.37. The standard InChI is InChI=1S/C15H23NO3/c1-10-7-8-16(9-11(10)2)14(17)12-5-3-4-6-13(12)15(18)19/h3-4,10-13H,5-9H2,1-2H3,(H,18,19)/t10?,11?,12-,13+/m1/s1. The number of carbonyl (C=O) groups excluding carboxylic acids is 1. The molecule has 2 rings (SSSR count). The summed E-state index contributed by atoms with van der Waals surface area (Å²) in [5.41, 5.74) is 0. The fraction of sp³-hybridized carbons (Fsp3) is 0.733. The molecule has 1 amide bonds. The largest absolute Gasteiger partial charge is 0.481 e. The number of allylic oxidation sites excluding steroid dienone is 2. The highest BCUT2D eigenvalue weighted by atomic mass is 16.4. The second-order valence-electron chi connectivity index (χ2n) is 6.02. The normalized spacial score (nSPS) is 35.2. The van der Waals surface area contributed by atoms with Crippen molar-refractivity contribution in [1.29, 1.82) is 0 Å². The number of aliphatic carboxylic acids is 1. The molecule has 2 aliphatic rings. The summed E-state index contributed by atoms with van der Waals surface area (Å²) >= 11 is 0. The van der Waals surface area contributed by atoms with Crippen LogP contribution in [0.3, 0.4) is 0 Å². The molecule has 4 atom stereocenters. The molecule has 1 aliphatic carbocycles. The molecule has 2 unspecified atom stereocenters. The van der Waals surface area contributed by atoms with Gasteiger partial charge in [0.1, 0.15) is 0 Å². The van der Waals surface area contributed by atoms with Gasteiger partial charge in [0.2, 0.25) is 5.91 Å². The maximum atomic E-state index is 12.5. The van der Waals surface area contributed by atoms with E-state index in [-0.39, 0.29) is 11.8 Å². The first kappa shape index (κ1) is 14.1. The minimum Gasteiger partial charge on any atom is -0.481 e. The van der Waals surface area contributed by atoms with Crippen LogP contribution in [-0.2, 0) is 9.59 Å². The quantitative estimate of drug-likeness (QED) is 0.778. The maximum Gasteiger partial charge on any atom is 0.307 e. The van der Waals surface area contributed by atoms with Crippen LogP contribution in [0.5, 0.6) is 0 Å². The van der Waals surface area contributed by atoms with Gasteiger partial charge in [-0.2, -0.15) is 0 Å². The molecule has 106 valence electrons. The predicted octanol–water partition coefficient (Wildman–Crippen LogP) is 2.16. The summed E-state index contributed by atoms with van der Waals surface area (Å²) < 4.78 is 0. The number of carbonyl (C=O) groups is 2. The Balaban J connectivity index is 2.06. The van der Waals surface area contributed by atoms with Gasteiger partial charge in [-0.05, 0) is 31.1 Å². The van der Waals surface area contributed by atoms with E-state index in [1.165, 1.54) is 0 Å². The molecule has 0 radical (unpaired) electrons. The molecular formula is C15H23NO3. The van der Waals surface area contributed by atoms with Gasteiger partial charge < -0.3 is 10.0 Å². The van der Waals surface area contributed by atoms with Gasteiger partial charge in [-0.1, -0.05) is 26.0 Å². The van der Waals surface area contributed by atoms with E-state index in [9.17, 15) is 14.7 Å². The van der Waals surface area contributed by atoms with Crippen molar-refractivity contribution in [3.05, 3.63) is 12.2 Å². The summed E-state index contributed by atoms with van der Waals surface area (Å²) in [7, 11) is 0. The van der Waals surface area contributed by atoms with Gasteiger partial charge in [-0.25, -0.2) is 0 Å². The Kier molecular flexibility index (Phi) is 4.27. The summed E-state index contributed by atoms with van der Waals surface area (Å²) in [4.78, 5) is 25.7. The van der Waals surface area contributed by atoms with E-state index in [2.05, 4.69) is 13.8 Å². The van der Waals surface area contributed by atoms with Crippen LogP contribution in [0.25, 0.3) is 0 Å². The molecule has 0 aromatic heterocycles. The van der Waals surface area contributed by atoms with Crippen LogP contribution in [0.2, 0.25) is 0 Å². The third-order valence-corrected chi connectivity index (χ3v) is 4.71. The molecule has 4 nitrogen and oxygen atoms in total. The summed E-state index contributed by atoms with van der Waals surface area (Å²) in [6, 6.07) is 0. The average molecular weight is 265 g/mol. The number of carboxylic acid groups (broad SMARTS) is 1. The number of amides is 1. The monoisotopic (exact) mass is 265 g/mol. The van der Waals surface area contributed by atoms with E-state index in [0.717, 1.165) is 19.5 Å². The van der Waals surface area contributed by atoms with Crippen LogP contribution in [-0.4, -0.2) is 35.0 Å². The Morgan fingerprint density at radius 3 is 2.32 bits per heavy atom. The minimum atomic E-state index is -0.846. The zero-order valence-electron chi connectivity index (χ0n) is 11.7. The lowest BCUT2D eigenvalue weighted by atomic mass is 9.81. The minimum absolute atomic E-state index is 0.0375. The molecule has 1 N–H and O–H groups in total. The first-order chi connectivity index (χ1) is 9.00. The van der Waals surface area contributed by atoms with Gasteiger partial charge in [0, 0.05) is 13.1 Å². The molecule has 1 aliphatic heterocycles. The van der Waals surface area contributed by atoms with Gasteiger partial charge in [-0.15, -0.1) is 0 Å². The summed E-state index contributed by atoms with van der Waals surface area (Å²) in [5, 5.41) is 9.25. The van der Waals surface area contributed by atoms with Crippen LogP contribution >= 0.6 is 0 Å². The Morgan fingerprint density at radius 1 is 1.11 bits per heavy atom. The van der Waals surface area contributed by atoms with Crippen molar-refractivity contribution < 1.29 is 14.7 Å². The molecular weight excluding hydrogens is 242 g/mol. The third kappa shape index (κ3) is 2.99. The van der Waals surface area contributed by atoms with Crippen molar-refractivity contribution in [3.63, 3.8) is 0 Å². The average Bonchev–Trinajstić information content (AvgIpc) is 2.41. The van der Waals surface area contributed by atoms with Gasteiger partial charge in [-0.3, -0.25) is 9.59 Å². The van der Waals surface area contributed by atoms with E-state index in [1.807, 2.05) is 17.1 Å². The van der Waals surface area contributed by atoms with Crippen LogP contribution in [0, 0.1) is 23.7 Å². The summed E-state index contributed by atoms with van der Waals surface area (Å²) in [6.45, 7) is 5.93. The van der Waals surface area contributed by atoms with Crippen molar-refractivity contribution in [3.8, 4) is 0 Å². The second kappa shape index (κ2) is 5.76. The summed E-state index contributed by atoms with van der Waals surface area (Å²) in [5.74, 6) is -0.586. The third-order valence-electron chi connectivity index (χ3n) is 4.71. The van der Waals surface area contributed by atoms with Crippen LogP contribution in [0.4, 0.5) is 0 Å². The zero-order valence-corrected chi connectivity index (χ0v) is 11.7.